The van der Waals surface area contributed by atoms with Crippen molar-refractivity contribution >= 4 is 40.7 Å². The van der Waals surface area contributed by atoms with E-state index < -0.39 is 11.2 Å². The molecule has 11 heavy (non-hydrogen) atoms. The third-order valence-corrected chi connectivity index (χ3v) is 0.620. The van der Waals surface area contributed by atoms with Gasteiger partial charge in [0.1, 0.15) is 6.29 Å². The van der Waals surface area contributed by atoms with E-state index in [1.54, 1.807) is 6.92 Å². The molecule has 1 atom stereocenters. The van der Waals surface area contributed by atoms with Crippen LogP contribution in [0.25, 0.3) is 0 Å². The molecule has 0 bridgehead atoms. The molecule has 0 saturated carbocycles. The van der Waals surface area contributed by atoms with E-state index in [1.807, 2.05) is 0 Å². The summed E-state index contributed by atoms with van der Waals surface area (Å²) < 4.78 is 0. The molecule has 0 rings (SSSR count). The highest BCUT2D eigenvalue weighted by Gasteiger charge is 2.02. The van der Waals surface area contributed by atoms with Gasteiger partial charge in [-0.2, -0.15) is 0 Å². The summed E-state index contributed by atoms with van der Waals surface area (Å²) in [5.41, 5.74) is 0. The minimum absolute atomic E-state index is 0.324. The van der Waals surface area contributed by atoms with Gasteiger partial charge in [-0.3, -0.25) is 4.79 Å². The van der Waals surface area contributed by atoms with Crippen LogP contribution in [0.4, 0.5) is 0 Å². The van der Waals surface area contributed by atoms with Gasteiger partial charge in [0.25, 0.3) is 0 Å². The second-order valence-electron chi connectivity index (χ2n) is 1.39. The van der Waals surface area contributed by atoms with Gasteiger partial charge in [-0.15, -0.1) is 11.6 Å². The number of carboxylic acids is 1. The molecule has 0 aliphatic rings. The lowest BCUT2D eigenvalue weighted by Gasteiger charge is -1.75. The van der Waals surface area contributed by atoms with Crippen LogP contribution in [-0.4, -0.2) is 28.0 Å². The Labute approximate surface area is 73.1 Å². The zero-order valence-corrected chi connectivity index (χ0v) is 7.09. The number of carbonyl (C=O) groups is 3. The molecule has 0 aliphatic carbocycles. The maximum Gasteiger partial charge on any atom is 0.388 e. The first-order valence-corrected chi connectivity index (χ1v) is 3.25. The predicted molar refractivity (Wildman–Crippen MR) is 39.9 cm³/mol. The number of aldehydes is 1. The van der Waals surface area contributed by atoms with Crippen LogP contribution < -0.4 is 0 Å². The molecule has 0 heterocycles. The zero-order chi connectivity index (χ0) is 9.44. The quantitative estimate of drug-likeness (QED) is 0.308. The van der Waals surface area contributed by atoms with Crippen molar-refractivity contribution < 1.29 is 19.5 Å². The molecule has 1 unspecified atom stereocenters. The van der Waals surface area contributed by atoms with Gasteiger partial charge in [0, 0.05) is 0 Å². The lowest BCUT2D eigenvalue weighted by molar-refractivity contribution is -0.145. The van der Waals surface area contributed by atoms with Crippen LogP contribution in [0.5, 0.6) is 0 Å². The molecule has 0 radical (unpaired) electrons. The molecule has 0 spiro atoms. The first-order chi connectivity index (χ1) is 4.91. The van der Waals surface area contributed by atoms with E-state index in [0.717, 1.165) is 0 Å². The monoisotopic (exact) mass is 200 g/mol. The fourth-order valence-corrected chi connectivity index (χ4v) is 0. The van der Waals surface area contributed by atoms with Crippen molar-refractivity contribution in [2.75, 3.05) is 0 Å². The minimum atomic E-state index is -1.61. The van der Waals surface area contributed by atoms with Crippen LogP contribution in [0.3, 0.4) is 0 Å². The lowest BCUT2D eigenvalue weighted by Crippen LogP contribution is -2.02. The summed E-state index contributed by atoms with van der Waals surface area (Å²) in [6.45, 7) is 1.62. The van der Waals surface area contributed by atoms with E-state index in [2.05, 4.69) is 11.6 Å². The maximum absolute atomic E-state index is 9.37. The highest BCUT2D eigenvalue weighted by Crippen LogP contribution is 1.82. The Morgan fingerprint density at radius 2 is 1.73 bits per heavy atom. The smallest absolute Gasteiger partial charge is 0.388 e. The molecular formula is C5H6Cl2O4. The summed E-state index contributed by atoms with van der Waals surface area (Å²) in [5.74, 6) is -1.61. The van der Waals surface area contributed by atoms with Gasteiger partial charge in [0.15, 0.2) is 0 Å². The Balaban J connectivity index is 0. The molecule has 0 fully saturated rings. The van der Waals surface area contributed by atoms with Crippen molar-refractivity contribution in [2.45, 2.75) is 12.3 Å². The second-order valence-corrected chi connectivity index (χ2v) is 2.42. The zero-order valence-electron chi connectivity index (χ0n) is 5.58. The molecule has 0 aromatic heterocycles. The average molecular weight is 201 g/mol. The van der Waals surface area contributed by atoms with Crippen molar-refractivity contribution in [3.05, 3.63) is 0 Å². The third-order valence-electron chi connectivity index (χ3n) is 0.356. The highest BCUT2D eigenvalue weighted by atomic mass is 35.5. The summed E-state index contributed by atoms with van der Waals surface area (Å²) in [7, 11) is 0. The van der Waals surface area contributed by atoms with E-state index in [1.165, 1.54) is 0 Å². The Morgan fingerprint density at radius 3 is 1.73 bits per heavy atom. The number of alkyl halides is 1. The number of hydrogen-bond donors (Lipinski definition) is 1. The van der Waals surface area contributed by atoms with Crippen molar-refractivity contribution in [1.82, 2.24) is 0 Å². The third kappa shape index (κ3) is 17.7. The molecule has 64 valence electrons. The van der Waals surface area contributed by atoms with Gasteiger partial charge >= 0.3 is 11.2 Å². The van der Waals surface area contributed by atoms with Gasteiger partial charge in [-0.1, -0.05) is 0 Å². The fraction of sp³-hybridized carbons (Fsp3) is 0.400. The summed E-state index contributed by atoms with van der Waals surface area (Å²) in [5, 5.41) is 5.83. The minimum Gasteiger partial charge on any atom is -0.475 e. The van der Waals surface area contributed by atoms with Crippen LogP contribution in [0.15, 0.2) is 0 Å². The Hall–Kier alpha value is -0.610. The number of aliphatic carboxylic acids is 1. The number of hydrogen-bond acceptors (Lipinski definition) is 3. The van der Waals surface area contributed by atoms with E-state index >= 15 is 0 Å². The maximum atomic E-state index is 9.37. The molecule has 6 heteroatoms. The second kappa shape index (κ2) is 7.50. The van der Waals surface area contributed by atoms with E-state index in [4.69, 9.17) is 16.7 Å². The first kappa shape index (κ1) is 13.0. The van der Waals surface area contributed by atoms with Crippen LogP contribution >= 0.6 is 23.2 Å². The molecular weight excluding hydrogens is 195 g/mol. The molecule has 1 N–H and O–H groups in total. The van der Waals surface area contributed by atoms with Crippen LogP contribution in [0.1, 0.15) is 6.92 Å². The van der Waals surface area contributed by atoms with E-state index in [9.17, 15) is 14.4 Å². The summed E-state index contributed by atoms with van der Waals surface area (Å²) in [6, 6.07) is 0. The van der Waals surface area contributed by atoms with Crippen molar-refractivity contribution in [3.63, 3.8) is 0 Å². The molecule has 0 saturated heterocycles. The highest BCUT2D eigenvalue weighted by molar-refractivity contribution is 6.79. The SMILES string of the molecule is CC(Cl)C=O.O=C(O)C(=O)Cl. The van der Waals surface area contributed by atoms with Crippen LogP contribution in [-0.2, 0) is 14.4 Å². The number of carbonyl (C=O) groups excluding carboxylic acids is 2. The lowest BCUT2D eigenvalue weighted by atomic mass is 10.6. The molecule has 0 amide bonds. The number of rotatable bonds is 2. The van der Waals surface area contributed by atoms with E-state index in [0.29, 0.717) is 6.29 Å². The van der Waals surface area contributed by atoms with Gasteiger partial charge in [0.2, 0.25) is 0 Å². The molecule has 0 aliphatic heterocycles. The summed E-state index contributed by atoms with van der Waals surface area (Å²) in [6.07, 6.45) is 0.682. The average Bonchev–Trinajstić information content (AvgIpc) is 1.89. The molecule has 0 aromatic rings. The van der Waals surface area contributed by atoms with Gasteiger partial charge in [-0.25, -0.2) is 4.79 Å². The van der Waals surface area contributed by atoms with Crippen molar-refractivity contribution in [1.29, 1.82) is 0 Å². The van der Waals surface area contributed by atoms with Crippen molar-refractivity contribution in [3.8, 4) is 0 Å². The van der Waals surface area contributed by atoms with Crippen LogP contribution in [0, 0.1) is 0 Å². The summed E-state index contributed by atoms with van der Waals surface area (Å²) in [4.78, 5) is 27.9. The molecule has 4 nitrogen and oxygen atoms in total. The van der Waals surface area contributed by atoms with Gasteiger partial charge < -0.3 is 9.90 Å². The Morgan fingerprint density at radius 1 is 1.55 bits per heavy atom. The van der Waals surface area contributed by atoms with Crippen LogP contribution in [0.2, 0.25) is 0 Å². The van der Waals surface area contributed by atoms with Gasteiger partial charge in [-0.05, 0) is 18.5 Å². The molecule has 0 aromatic carbocycles. The van der Waals surface area contributed by atoms with Crippen molar-refractivity contribution in [2.24, 2.45) is 0 Å². The number of halogens is 2. The van der Waals surface area contributed by atoms with Gasteiger partial charge in [0.05, 0.1) is 5.38 Å². The van der Waals surface area contributed by atoms with E-state index in [-0.39, 0.29) is 5.38 Å². The fourth-order valence-electron chi connectivity index (χ4n) is 0. The Kier molecular flexibility index (Phi) is 8.87. The topological polar surface area (TPSA) is 71.4 Å². The largest absolute Gasteiger partial charge is 0.475 e. The normalized spacial score (nSPS) is 10.5. The summed E-state index contributed by atoms with van der Waals surface area (Å²) >= 11 is 9.47. The Bertz CT molecular complexity index is 143. The predicted octanol–water partition coefficient (Wildman–Crippen LogP) is 0.649. The first-order valence-electron chi connectivity index (χ1n) is 2.44. The number of carboxylic acid groups (broad SMARTS) is 1. The standard InChI is InChI=1S/C3H5ClO.C2HClO3/c1-3(4)2-5;3-1(4)2(5)6/h2-3H,1H3;(H,5,6).